The summed E-state index contributed by atoms with van der Waals surface area (Å²) in [5.74, 6) is 0. The standard InChI is InChI=1S/C15H19N3O2S/c1-4-18(14-5-7-17-8-6-14)21(19,20)15-11(2)9-13(16)10-12(15)3/h5-10H,4,16H2,1-3H3. The van der Waals surface area contributed by atoms with Gasteiger partial charge in [0.1, 0.15) is 0 Å². The summed E-state index contributed by atoms with van der Waals surface area (Å²) in [5, 5.41) is 0. The summed E-state index contributed by atoms with van der Waals surface area (Å²) < 4.78 is 27.3. The molecule has 0 saturated carbocycles. The van der Waals surface area contributed by atoms with Crippen molar-refractivity contribution < 1.29 is 8.42 Å². The molecule has 0 fully saturated rings. The average Bonchev–Trinajstić information content (AvgIpc) is 2.38. The Morgan fingerprint density at radius 2 is 1.67 bits per heavy atom. The second-order valence-electron chi connectivity index (χ2n) is 4.86. The van der Waals surface area contributed by atoms with Gasteiger partial charge in [-0.1, -0.05) is 0 Å². The number of aromatic nitrogens is 1. The SMILES string of the molecule is CCN(c1ccncc1)S(=O)(=O)c1c(C)cc(N)cc1C. The third kappa shape index (κ3) is 2.85. The van der Waals surface area contributed by atoms with Crippen LogP contribution in [-0.4, -0.2) is 19.9 Å². The fourth-order valence-electron chi connectivity index (χ4n) is 2.50. The molecule has 0 spiro atoms. The second-order valence-corrected chi connectivity index (χ2v) is 6.66. The predicted molar refractivity (Wildman–Crippen MR) is 84.8 cm³/mol. The van der Waals surface area contributed by atoms with Crippen LogP contribution in [0.2, 0.25) is 0 Å². The average molecular weight is 305 g/mol. The highest BCUT2D eigenvalue weighted by Crippen LogP contribution is 2.29. The van der Waals surface area contributed by atoms with Crippen LogP contribution in [0, 0.1) is 13.8 Å². The first-order valence-corrected chi connectivity index (χ1v) is 8.11. The zero-order valence-corrected chi connectivity index (χ0v) is 13.2. The molecule has 2 aromatic rings. The molecular weight excluding hydrogens is 286 g/mol. The fourth-order valence-corrected chi connectivity index (χ4v) is 4.39. The van der Waals surface area contributed by atoms with E-state index in [4.69, 9.17) is 5.73 Å². The molecule has 2 rings (SSSR count). The van der Waals surface area contributed by atoms with Crippen molar-refractivity contribution in [2.75, 3.05) is 16.6 Å². The molecule has 6 heteroatoms. The van der Waals surface area contributed by atoms with Crippen LogP contribution in [0.4, 0.5) is 11.4 Å². The second kappa shape index (κ2) is 5.73. The zero-order chi connectivity index (χ0) is 15.6. The third-order valence-corrected chi connectivity index (χ3v) is 5.48. The molecule has 0 atom stereocenters. The van der Waals surface area contributed by atoms with Crippen molar-refractivity contribution in [2.45, 2.75) is 25.7 Å². The molecule has 0 aliphatic rings. The summed E-state index contributed by atoms with van der Waals surface area (Å²) in [6.07, 6.45) is 3.16. The lowest BCUT2D eigenvalue weighted by molar-refractivity contribution is 0.590. The number of sulfonamides is 1. The first-order valence-electron chi connectivity index (χ1n) is 6.67. The number of hydrogen-bond acceptors (Lipinski definition) is 4. The van der Waals surface area contributed by atoms with Gasteiger partial charge in [-0.25, -0.2) is 8.42 Å². The van der Waals surface area contributed by atoms with E-state index < -0.39 is 10.0 Å². The molecule has 2 N–H and O–H groups in total. The Morgan fingerprint density at radius 1 is 1.14 bits per heavy atom. The molecule has 112 valence electrons. The van der Waals surface area contributed by atoms with Crippen molar-refractivity contribution >= 4 is 21.4 Å². The molecule has 0 aliphatic heterocycles. The van der Waals surface area contributed by atoms with Crippen molar-refractivity contribution in [2.24, 2.45) is 0 Å². The summed E-state index contributed by atoms with van der Waals surface area (Å²) in [4.78, 5) is 4.24. The molecule has 0 radical (unpaired) electrons. The van der Waals surface area contributed by atoms with Crippen molar-refractivity contribution in [3.05, 3.63) is 47.8 Å². The van der Waals surface area contributed by atoms with Gasteiger partial charge in [-0.3, -0.25) is 9.29 Å². The van der Waals surface area contributed by atoms with Gasteiger partial charge in [-0.15, -0.1) is 0 Å². The van der Waals surface area contributed by atoms with Gasteiger partial charge in [0.25, 0.3) is 10.0 Å². The maximum atomic E-state index is 13.0. The molecular formula is C15H19N3O2S. The van der Waals surface area contributed by atoms with Crippen LogP contribution in [0.15, 0.2) is 41.6 Å². The normalized spacial score (nSPS) is 11.4. The molecule has 0 aliphatic carbocycles. The molecule has 21 heavy (non-hydrogen) atoms. The Bertz CT molecular complexity index is 720. The Hall–Kier alpha value is -2.08. The molecule has 0 unspecified atom stereocenters. The van der Waals surface area contributed by atoms with Crippen LogP contribution in [-0.2, 0) is 10.0 Å². The van der Waals surface area contributed by atoms with Crippen LogP contribution in [0.5, 0.6) is 0 Å². The maximum Gasteiger partial charge on any atom is 0.264 e. The van der Waals surface area contributed by atoms with Crippen LogP contribution in [0.25, 0.3) is 0 Å². The van der Waals surface area contributed by atoms with Crippen LogP contribution in [0.1, 0.15) is 18.1 Å². The molecule has 0 saturated heterocycles. The topological polar surface area (TPSA) is 76.3 Å². The van der Waals surface area contributed by atoms with Crippen molar-refractivity contribution in [1.29, 1.82) is 0 Å². The van der Waals surface area contributed by atoms with Gasteiger partial charge < -0.3 is 5.73 Å². The number of pyridine rings is 1. The highest BCUT2D eigenvalue weighted by atomic mass is 32.2. The molecule has 5 nitrogen and oxygen atoms in total. The van der Waals surface area contributed by atoms with Gasteiger partial charge >= 0.3 is 0 Å². The largest absolute Gasteiger partial charge is 0.399 e. The van der Waals surface area contributed by atoms with Crippen molar-refractivity contribution in [1.82, 2.24) is 4.98 Å². The molecule has 0 amide bonds. The maximum absolute atomic E-state index is 13.0. The molecule has 1 aromatic carbocycles. The molecule has 1 heterocycles. The Labute approximate surface area is 125 Å². The number of hydrogen-bond donors (Lipinski definition) is 1. The molecule has 1 aromatic heterocycles. The van der Waals surface area contributed by atoms with Gasteiger partial charge in [0.15, 0.2) is 0 Å². The highest BCUT2D eigenvalue weighted by Gasteiger charge is 2.27. The van der Waals surface area contributed by atoms with Crippen molar-refractivity contribution in [3.8, 4) is 0 Å². The summed E-state index contributed by atoms with van der Waals surface area (Å²) >= 11 is 0. The van der Waals surface area contributed by atoms with E-state index in [0.717, 1.165) is 0 Å². The first kappa shape index (κ1) is 15.3. The van der Waals surface area contributed by atoms with Gasteiger partial charge in [-0.2, -0.15) is 0 Å². The number of benzene rings is 1. The van der Waals surface area contributed by atoms with E-state index in [0.29, 0.717) is 33.9 Å². The first-order chi connectivity index (χ1) is 9.87. The van der Waals surface area contributed by atoms with E-state index in [1.807, 2.05) is 0 Å². The minimum atomic E-state index is -3.63. The Kier molecular flexibility index (Phi) is 4.18. The summed E-state index contributed by atoms with van der Waals surface area (Å²) in [6.45, 7) is 5.67. The van der Waals surface area contributed by atoms with E-state index in [1.165, 1.54) is 4.31 Å². The molecule has 0 bridgehead atoms. The van der Waals surface area contributed by atoms with E-state index in [1.54, 1.807) is 57.4 Å². The van der Waals surface area contributed by atoms with Crippen LogP contribution in [0.3, 0.4) is 0 Å². The number of nitrogens with two attached hydrogens (primary N) is 1. The monoisotopic (exact) mass is 305 g/mol. The number of nitrogen functional groups attached to an aromatic ring is 1. The third-order valence-electron chi connectivity index (χ3n) is 3.27. The lowest BCUT2D eigenvalue weighted by Gasteiger charge is -2.24. The summed E-state index contributed by atoms with van der Waals surface area (Å²) in [7, 11) is -3.63. The van der Waals surface area contributed by atoms with E-state index in [9.17, 15) is 8.42 Å². The van der Waals surface area contributed by atoms with Gasteiger partial charge in [-0.05, 0) is 56.2 Å². The lowest BCUT2D eigenvalue weighted by atomic mass is 10.1. The highest BCUT2D eigenvalue weighted by molar-refractivity contribution is 7.93. The van der Waals surface area contributed by atoms with Gasteiger partial charge in [0.05, 0.1) is 10.6 Å². The smallest absolute Gasteiger partial charge is 0.264 e. The minimum Gasteiger partial charge on any atom is -0.399 e. The lowest BCUT2D eigenvalue weighted by Crippen LogP contribution is -2.31. The zero-order valence-electron chi connectivity index (χ0n) is 12.4. The van der Waals surface area contributed by atoms with E-state index in [2.05, 4.69) is 4.98 Å². The quantitative estimate of drug-likeness (QED) is 0.881. The fraction of sp³-hybridized carbons (Fsp3) is 0.267. The van der Waals surface area contributed by atoms with E-state index >= 15 is 0 Å². The van der Waals surface area contributed by atoms with Gasteiger partial charge in [0.2, 0.25) is 0 Å². The van der Waals surface area contributed by atoms with Crippen LogP contribution < -0.4 is 10.0 Å². The number of aryl methyl sites for hydroxylation is 2. The Morgan fingerprint density at radius 3 is 2.14 bits per heavy atom. The Balaban J connectivity index is 2.61. The minimum absolute atomic E-state index is 0.315. The predicted octanol–water partition coefficient (Wildman–Crippen LogP) is 2.50. The number of anilines is 2. The van der Waals surface area contributed by atoms with Gasteiger partial charge in [0, 0.05) is 24.6 Å². The number of nitrogens with zero attached hydrogens (tertiary/aromatic N) is 2. The van der Waals surface area contributed by atoms with E-state index in [-0.39, 0.29) is 0 Å². The van der Waals surface area contributed by atoms with Crippen molar-refractivity contribution in [3.63, 3.8) is 0 Å². The summed E-state index contributed by atoms with van der Waals surface area (Å²) in [5.41, 5.74) is 8.25. The summed E-state index contributed by atoms with van der Waals surface area (Å²) in [6, 6.07) is 6.73. The van der Waals surface area contributed by atoms with Crippen LogP contribution >= 0.6 is 0 Å². The number of rotatable bonds is 4.